The number of rotatable bonds is 1. The van der Waals surface area contributed by atoms with Crippen LogP contribution in [0.25, 0.3) is 16.7 Å². The third kappa shape index (κ3) is 3.03. The van der Waals surface area contributed by atoms with E-state index in [-0.39, 0.29) is 10.8 Å². The van der Waals surface area contributed by atoms with Gasteiger partial charge < -0.3 is 0 Å². The summed E-state index contributed by atoms with van der Waals surface area (Å²) in [6, 6.07) is 2.54. The molecule has 0 aliphatic heterocycles. The van der Waals surface area contributed by atoms with Crippen molar-refractivity contribution in [1.29, 1.82) is 0 Å². The highest BCUT2D eigenvalue weighted by atomic mass is 14.4. The van der Waals surface area contributed by atoms with Gasteiger partial charge in [0.05, 0.1) is 0 Å². The normalized spacial score (nSPS) is 15.5. The Labute approximate surface area is 184 Å². The van der Waals surface area contributed by atoms with Crippen LogP contribution in [0.3, 0.4) is 0 Å². The Kier molecular flexibility index (Phi) is 4.73. The van der Waals surface area contributed by atoms with Gasteiger partial charge in [-0.25, -0.2) is 0 Å². The van der Waals surface area contributed by atoms with Crippen molar-refractivity contribution in [2.75, 3.05) is 0 Å². The molecule has 0 radical (unpaired) electrons. The maximum absolute atomic E-state index is 2.54. The van der Waals surface area contributed by atoms with Crippen LogP contribution in [0, 0.1) is 27.7 Å². The lowest BCUT2D eigenvalue weighted by atomic mass is 9.75. The third-order valence-corrected chi connectivity index (χ3v) is 7.37. The lowest BCUT2D eigenvalue weighted by molar-refractivity contribution is 0.580. The Bertz CT molecular complexity index is 1120. The maximum Gasteiger partial charge on any atom is -0.00104 e. The first-order chi connectivity index (χ1) is 13.8. The summed E-state index contributed by atoms with van der Waals surface area (Å²) in [5.74, 6) is 0. The van der Waals surface area contributed by atoms with Gasteiger partial charge in [-0.3, -0.25) is 0 Å². The van der Waals surface area contributed by atoms with Crippen molar-refractivity contribution in [1.82, 2.24) is 0 Å². The van der Waals surface area contributed by atoms with Crippen LogP contribution in [0.5, 0.6) is 0 Å². The fourth-order valence-corrected chi connectivity index (χ4v) is 6.11. The number of fused-ring (bicyclic) bond motifs is 3. The molecule has 0 heterocycles. The van der Waals surface area contributed by atoms with Gasteiger partial charge >= 0.3 is 0 Å². The molecule has 2 aliphatic carbocycles. The molecule has 0 amide bonds. The predicted molar refractivity (Wildman–Crippen MR) is 133 cm³/mol. The summed E-state index contributed by atoms with van der Waals surface area (Å²) in [6.45, 7) is 23.6. The second-order valence-corrected chi connectivity index (χ2v) is 11.6. The molecule has 0 nitrogen and oxygen atoms in total. The fraction of sp³-hybridized carbons (Fsp3) is 0.467. The Balaban J connectivity index is 2.07. The number of benzene rings is 2. The molecule has 0 saturated heterocycles. The minimum Gasteiger partial charge on any atom is -0.0801 e. The van der Waals surface area contributed by atoms with E-state index in [0.717, 1.165) is 12.8 Å². The van der Waals surface area contributed by atoms with Gasteiger partial charge in [-0.1, -0.05) is 65.8 Å². The van der Waals surface area contributed by atoms with Crippen molar-refractivity contribution in [3.8, 4) is 11.1 Å². The van der Waals surface area contributed by atoms with E-state index in [1.165, 1.54) is 55.6 Å². The van der Waals surface area contributed by atoms with Crippen LogP contribution in [0.4, 0.5) is 0 Å². The summed E-state index contributed by atoms with van der Waals surface area (Å²) in [5, 5.41) is 0. The number of allylic oxidation sites excluding steroid dienone is 4. The van der Waals surface area contributed by atoms with Crippen molar-refractivity contribution in [3.63, 3.8) is 0 Å². The summed E-state index contributed by atoms with van der Waals surface area (Å²) >= 11 is 0. The van der Waals surface area contributed by atoms with Gasteiger partial charge in [0, 0.05) is 0 Å². The zero-order chi connectivity index (χ0) is 22.2. The van der Waals surface area contributed by atoms with Crippen molar-refractivity contribution >= 4 is 5.57 Å². The smallest absolute Gasteiger partial charge is 0.00104 e. The van der Waals surface area contributed by atoms with E-state index in [1.807, 2.05) is 0 Å². The predicted octanol–water partition coefficient (Wildman–Crippen LogP) is 8.43. The molecule has 0 bridgehead atoms. The average molecular weight is 399 g/mol. The van der Waals surface area contributed by atoms with E-state index in [0.29, 0.717) is 0 Å². The minimum absolute atomic E-state index is 0.129. The van der Waals surface area contributed by atoms with Crippen molar-refractivity contribution < 1.29 is 0 Å². The molecule has 2 aromatic carbocycles. The molecular weight excluding hydrogens is 360 g/mol. The Morgan fingerprint density at radius 2 is 1.37 bits per heavy atom. The summed E-state index contributed by atoms with van der Waals surface area (Å²) < 4.78 is 0. The van der Waals surface area contributed by atoms with E-state index < -0.39 is 0 Å². The number of hydrogen-bond donors (Lipinski definition) is 0. The monoisotopic (exact) mass is 398 g/mol. The molecule has 0 heteroatoms. The zero-order valence-corrected chi connectivity index (χ0v) is 20.7. The molecule has 0 spiro atoms. The topological polar surface area (TPSA) is 0 Å². The van der Waals surface area contributed by atoms with Gasteiger partial charge in [0.15, 0.2) is 0 Å². The standard InChI is InChI=1S/C30H38/c1-17-18(2)28(30(8,9)10)19(3)23-15-22-16-24(29(5,6)7)25(21-13-11-12-14-21)20(4)26(22)27(17)23/h11-13,16H,14-15H2,1-10H3. The number of hydrogen-bond acceptors (Lipinski definition) is 0. The first kappa shape index (κ1) is 21.2. The van der Waals surface area contributed by atoms with E-state index >= 15 is 0 Å². The van der Waals surface area contributed by atoms with Crippen LogP contribution >= 0.6 is 0 Å². The van der Waals surface area contributed by atoms with Crippen LogP contribution in [-0.4, -0.2) is 0 Å². The highest BCUT2D eigenvalue weighted by Gasteiger charge is 2.33. The molecule has 0 aromatic heterocycles. The fourth-order valence-electron chi connectivity index (χ4n) is 6.11. The molecule has 0 atom stereocenters. The molecule has 0 unspecified atom stereocenters. The van der Waals surface area contributed by atoms with Gasteiger partial charge in [-0.15, -0.1) is 0 Å². The summed E-state index contributed by atoms with van der Waals surface area (Å²) in [7, 11) is 0. The SMILES string of the molecule is Cc1c(C2=CC=CC2)c(C(C)(C)C)cc2c1-c1c(C)c(C)c(C(C)(C)C)c(C)c1C2. The van der Waals surface area contributed by atoms with Gasteiger partial charge in [0.25, 0.3) is 0 Å². The van der Waals surface area contributed by atoms with Crippen molar-refractivity contribution in [3.05, 3.63) is 74.4 Å². The van der Waals surface area contributed by atoms with Crippen LogP contribution in [0.15, 0.2) is 24.3 Å². The van der Waals surface area contributed by atoms with E-state index in [1.54, 1.807) is 11.1 Å². The summed E-state index contributed by atoms with van der Waals surface area (Å²) in [5.41, 5.74) is 18.4. The Morgan fingerprint density at radius 1 is 0.700 bits per heavy atom. The van der Waals surface area contributed by atoms with Gasteiger partial charge in [-0.2, -0.15) is 0 Å². The molecule has 0 N–H and O–H groups in total. The molecular formula is C30H38. The molecule has 2 aliphatic rings. The Hall–Kier alpha value is -2.08. The van der Waals surface area contributed by atoms with E-state index in [4.69, 9.17) is 0 Å². The first-order valence-electron chi connectivity index (χ1n) is 11.5. The van der Waals surface area contributed by atoms with Crippen LogP contribution in [0.1, 0.15) is 98.0 Å². The highest BCUT2D eigenvalue weighted by molar-refractivity contribution is 5.90. The van der Waals surface area contributed by atoms with Gasteiger partial charge in [0.2, 0.25) is 0 Å². The van der Waals surface area contributed by atoms with Crippen molar-refractivity contribution in [2.24, 2.45) is 0 Å². The summed E-state index contributed by atoms with van der Waals surface area (Å²) in [4.78, 5) is 0. The minimum atomic E-state index is 0.129. The third-order valence-electron chi connectivity index (χ3n) is 7.37. The average Bonchev–Trinajstić information content (AvgIpc) is 3.25. The van der Waals surface area contributed by atoms with E-state index in [9.17, 15) is 0 Å². The summed E-state index contributed by atoms with van der Waals surface area (Å²) in [6.07, 6.45) is 8.96. The molecule has 2 aromatic rings. The maximum atomic E-state index is 2.54. The lowest BCUT2D eigenvalue weighted by Crippen LogP contribution is -2.17. The molecule has 0 saturated carbocycles. The molecule has 4 rings (SSSR count). The first-order valence-corrected chi connectivity index (χ1v) is 11.5. The van der Waals surface area contributed by atoms with Crippen LogP contribution in [0.2, 0.25) is 0 Å². The second-order valence-electron chi connectivity index (χ2n) is 11.6. The van der Waals surface area contributed by atoms with Crippen LogP contribution < -0.4 is 0 Å². The molecule has 30 heavy (non-hydrogen) atoms. The zero-order valence-electron chi connectivity index (χ0n) is 20.7. The Morgan fingerprint density at radius 3 is 1.90 bits per heavy atom. The lowest BCUT2D eigenvalue weighted by Gasteiger charge is -2.29. The van der Waals surface area contributed by atoms with E-state index in [2.05, 4.69) is 93.5 Å². The van der Waals surface area contributed by atoms with Gasteiger partial charge in [0.1, 0.15) is 0 Å². The molecule has 0 fully saturated rings. The quantitative estimate of drug-likeness (QED) is 0.386. The molecule has 158 valence electrons. The van der Waals surface area contributed by atoms with Crippen LogP contribution in [-0.2, 0) is 17.3 Å². The largest absolute Gasteiger partial charge is 0.0801 e. The second kappa shape index (κ2) is 6.71. The van der Waals surface area contributed by atoms with Crippen molar-refractivity contribution in [2.45, 2.75) is 92.9 Å². The van der Waals surface area contributed by atoms with Gasteiger partial charge in [-0.05, 0) is 118 Å². The highest BCUT2D eigenvalue weighted by Crippen LogP contribution is 2.50.